The molecule has 114 valence electrons. The van der Waals surface area contributed by atoms with Crippen LogP contribution in [0.25, 0.3) is 16.7 Å². The van der Waals surface area contributed by atoms with Crippen LogP contribution in [0.1, 0.15) is 5.56 Å². The predicted octanol–water partition coefficient (Wildman–Crippen LogP) is 3.35. The number of ether oxygens (including phenoxy) is 1. The summed E-state index contributed by atoms with van der Waals surface area (Å²) in [6, 6.07) is 9.75. The standard InChI is InChI=1S/C15H11F3N2O2/c1-22-13-5-3-2-4-11(13)20-12-8-9(15(16,17)18)6-7-10(12)19-14(20)21/h2-8H,1H3,(H,19,21). The number of benzene rings is 2. The van der Waals surface area contributed by atoms with Crippen molar-refractivity contribution in [3.8, 4) is 11.4 Å². The van der Waals surface area contributed by atoms with Crippen molar-refractivity contribution in [2.75, 3.05) is 7.11 Å². The number of methoxy groups -OCH3 is 1. The van der Waals surface area contributed by atoms with E-state index in [2.05, 4.69) is 4.98 Å². The van der Waals surface area contributed by atoms with E-state index in [1.807, 2.05) is 0 Å². The molecule has 0 amide bonds. The van der Waals surface area contributed by atoms with Crippen molar-refractivity contribution in [3.63, 3.8) is 0 Å². The molecule has 1 N–H and O–H groups in total. The van der Waals surface area contributed by atoms with Crippen LogP contribution in [-0.2, 0) is 6.18 Å². The Balaban J connectivity index is 2.34. The lowest BCUT2D eigenvalue weighted by Gasteiger charge is -2.10. The van der Waals surface area contributed by atoms with Crippen LogP contribution in [0.3, 0.4) is 0 Å². The number of nitrogens with one attached hydrogen (secondary N) is 1. The van der Waals surface area contributed by atoms with Crippen molar-refractivity contribution >= 4 is 11.0 Å². The molecule has 7 heteroatoms. The van der Waals surface area contributed by atoms with Gasteiger partial charge in [-0.1, -0.05) is 12.1 Å². The highest BCUT2D eigenvalue weighted by atomic mass is 19.4. The monoisotopic (exact) mass is 308 g/mol. The number of aromatic amines is 1. The fourth-order valence-corrected chi connectivity index (χ4v) is 2.33. The van der Waals surface area contributed by atoms with Crippen molar-refractivity contribution in [3.05, 3.63) is 58.5 Å². The van der Waals surface area contributed by atoms with Crippen LogP contribution in [0, 0.1) is 0 Å². The van der Waals surface area contributed by atoms with Crippen molar-refractivity contribution in [2.24, 2.45) is 0 Å². The molecular formula is C15H11F3N2O2. The summed E-state index contributed by atoms with van der Waals surface area (Å²) in [5.41, 5.74) is -0.504. The lowest BCUT2D eigenvalue weighted by atomic mass is 10.2. The van der Waals surface area contributed by atoms with Crippen molar-refractivity contribution in [1.82, 2.24) is 9.55 Å². The molecule has 0 saturated heterocycles. The van der Waals surface area contributed by atoms with E-state index in [1.165, 1.54) is 17.7 Å². The highest BCUT2D eigenvalue weighted by Gasteiger charge is 2.31. The topological polar surface area (TPSA) is 47.0 Å². The Morgan fingerprint density at radius 3 is 2.55 bits per heavy atom. The van der Waals surface area contributed by atoms with Gasteiger partial charge in [-0.2, -0.15) is 13.2 Å². The lowest BCUT2D eigenvalue weighted by molar-refractivity contribution is -0.137. The smallest absolute Gasteiger partial charge is 0.416 e. The first-order chi connectivity index (χ1) is 10.4. The molecule has 0 spiro atoms. The Bertz CT molecular complexity index is 894. The molecule has 0 aliphatic rings. The van der Waals surface area contributed by atoms with Crippen LogP contribution in [0.2, 0.25) is 0 Å². The summed E-state index contributed by atoms with van der Waals surface area (Å²) >= 11 is 0. The maximum absolute atomic E-state index is 12.9. The summed E-state index contributed by atoms with van der Waals surface area (Å²) in [5, 5.41) is 0. The Morgan fingerprint density at radius 1 is 1.14 bits per heavy atom. The number of imidazole rings is 1. The highest BCUT2D eigenvalue weighted by Crippen LogP contribution is 2.32. The predicted molar refractivity (Wildman–Crippen MR) is 75.4 cm³/mol. The number of alkyl halides is 3. The third-order valence-electron chi connectivity index (χ3n) is 3.34. The van der Waals surface area contributed by atoms with E-state index in [4.69, 9.17) is 4.74 Å². The molecule has 0 saturated carbocycles. The molecule has 0 radical (unpaired) electrons. The molecule has 1 aromatic heterocycles. The van der Waals surface area contributed by atoms with Gasteiger partial charge in [0.25, 0.3) is 0 Å². The molecule has 0 unspecified atom stereocenters. The molecule has 1 heterocycles. The van der Waals surface area contributed by atoms with Gasteiger partial charge in [0.05, 0.1) is 29.4 Å². The van der Waals surface area contributed by atoms with Gasteiger partial charge < -0.3 is 9.72 Å². The Kier molecular flexibility index (Phi) is 3.20. The first kappa shape index (κ1) is 14.2. The molecule has 2 aromatic carbocycles. The van der Waals surface area contributed by atoms with Gasteiger partial charge in [0.1, 0.15) is 5.75 Å². The van der Waals surface area contributed by atoms with E-state index in [0.717, 1.165) is 12.1 Å². The highest BCUT2D eigenvalue weighted by molar-refractivity contribution is 5.79. The average Bonchev–Trinajstić information content (AvgIpc) is 2.81. The van der Waals surface area contributed by atoms with Crippen LogP contribution >= 0.6 is 0 Å². The van der Waals surface area contributed by atoms with Crippen molar-refractivity contribution in [1.29, 1.82) is 0 Å². The number of aromatic nitrogens is 2. The van der Waals surface area contributed by atoms with Gasteiger partial charge >= 0.3 is 11.9 Å². The molecular weight excluding hydrogens is 297 g/mol. The zero-order valence-corrected chi connectivity index (χ0v) is 11.4. The number of hydrogen-bond donors (Lipinski definition) is 1. The number of H-pyrrole nitrogens is 1. The molecule has 3 aromatic rings. The summed E-state index contributed by atoms with van der Waals surface area (Å²) < 4.78 is 45.0. The largest absolute Gasteiger partial charge is 0.495 e. The molecule has 0 aliphatic heterocycles. The van der Waals surface area contributed by atoms with Gasteiger partial charge in [0.15, 0.2) is 0 Å². The van der Waals surface area contributed by atoms with E-state index >= 15 is 0 Å². The summed E-state index contributed by atoms with van der Waals surface area (Å²) in [5.74, 6) is 0.392. The van der Waals surface area contributed by atoms with Crippen molar-refractivity contribution in [2.45, 2.75) is 6.18 Å². The van der Waals surface area contributed by atoms with Crippen LogP contribution in [0.4, 0.5) is 13.2 Å². The second-order valence-corrected chi connectivity index (χ2v) is 4.67. The van der Waals surface area contributed by atoms with Crippen molar-refractivity contribution < 1.29 is 17.9 Å². The van der Waals surface area contributed by atoms with Gasteiger partial charge in [0.2, 0.25) is 0 Å². The van der Waals surface area contributed by atoms with E-state index in [9.17, 15) is 18.0 Å². The SMILES string of the molecule is COc1ccccc1-n1c(=O)[nH]c2ccc(C(F)(F)F)cc21. The molecule has 3 rings (SSSR count). The third-order valence-corrected chi connectivity index (χ3v) is 3.34. The maximum atomic E-state index is 12.9. The first-order valence-electron chi connectivity index (χ1n) is 6.37. The van der Waals surface area contributed by atoms with Crippen LogP contribution < -0.4 is 10.4 Å². The van der Waals surface area contributed by atoms with E-state index in [-0.39, 0.29) is 5.52 Å². The van der Waals surface area contributed by atoms with Gasteiger partial charge in [0, 0.05) is 0 Å². The molecule has 4 nitrogen and oxygen atoms in total. The Hall–Kier alpha value is -2.70. The number of para-hydroxylation sites is 2. The molecule has 0 aliphatic carbocycles. The summed E-state index contributed by atoms with van der Waals surface area (Å²) in [4.78, 5) is 14.7. The quantitative estimate of drug-likeness (QED) is 0.789. The number of fused-ring (bicyclic) bond motifs is 1. The fourth-order valence-electron chi connectivity index (χ4n) is 2.33. The fraction of sp³-hybridized carbons (Fsp3) is 0.133. The summed E-state index contributed by atoms with van der Waals surface area (Å²) in [7, 11) is 1.43. The second kappa shape index (κ2) is 4.94. The minimum absolute atomic E-state index is 0.143. The van der Waals surface area contributed by atoms with Gasteiger partial charge in [-0.25, -0.2) is 4.79 Å². The third kappa shape index (κ3) is 2.24. The van der Waals surface area contributed by atoms with E-state index in [1.54, 1.807) is 24.3 Å². The van der Waals surface area contributed by atoms with E-state index in [0.29, 0.717) is 17.0 Å². The molecule has 0 atom stereocenters. The zero-order chi connectivity index (χ0) is 15.9. The number of halogens is 3. The minimum Gasteiger partial charge on any atom is -0.495 e. The van der Waals surface area contributed by atoms with Gasteiger partial charge in [-0.3, -0.25) is 4.57 Å². The molecule has 22 heavy (non-hydrogen) atoms. The van der Waals surface area contributed by atoms with Gasteiger partial charge in [-0.05, 0) is 30.3 Å². The lowest BCUT2D eigenvalue weighted by Crippen LogP contribution is -2.15. The van der Waals surface area contributed by atoms with Crippen LogP contribution in [0.5, 0.6) is 5.75 Å². The Morgan fingerprint density at radius 2 is 1.86 bits per heavy atom. The summed E-state index contributed by atoms with van der Waals surface area (Å²) in [6.45, 7) is 0. The summed E-state index contributed by atoms with van der Waals surface area (Å²) in [6.07, 6.45) is -4.48. The molecule has 0 bridgehead atoms. The van der Waals surface area contributed by atoms with Crippen LogP contribution in [0.15, 0.2) is 47.3 Å². The normalized spacial score (nSPS) is 11.8. The number of nitrogens with zero attached hydrogens (tertiary/aromatic N) is 1. The van der Waals surface area contributed by atoms with Crippen LogP contribution in [-0.4, -0.2) is 16.7 Å². The number of hydrogen-bond acceptors (Lipinski definition) is 2. The Labute approximate surface area is 122 Å². The first-order valence-corrected chi connectivity index (χ1v) is 6.37. The average molecular weight is 308 g/mol. The maximum Gasteiger partial charge on any atom is 0.416 e. The molecule has 0 fully saturated rings. The van der Waals surface area contributed by atoms with E-state index < -0.39 is 17.4 Å². The second-order valence-electron chi connectivity index (χ2n) is 4.67. The number of rotatable bonds is 2. The zero-order valence-electron chi connectivity index (χ0n) is 11.4. The minimum atomic E-state index is -4.48. The van der Waals surface area contributed by atoms with Gasteiger partial charge in [-0.15, -0.1) is 0 Å².